The summed E-state index contributed by atoms with van der Waals surface area (Å²) < 4.78 is 43.2. The van der Waals surface area contributed by atoms with Gasteiger partial charge in [0.05, 0.1) is 35.3 Å². The molecular weight excluding hydrogens is 672 g/mol. The first kappa shape index (κ1) is 38.1. The first-order valence-corrected chi connectivity index (χ1v) is 18.8. The number of nitrogens with zero attached hydrogens (tertiary/aromatic N) is 2. The number of amides is 2. The third kappa shape index (κ3) is 9.59. The fraction of sp³-hybridized carbons (Fsp3) is 0.447. The lowest BCUT2D eigenvalue weighted by atomic mass is 9.85. The summed E-state index contributed by atoms with van der Waals surface area (Å²) in [5.41, 5.74) is 0.962. The van der Waals surface area contributed by atoms with E-state index in [4.69, 9.17) is 0 Å². The zero-order chi connectivity index (χ0) is 37.0. The van der Waals surface area contributed by atoms with Gasteiger partial charge in [0.1, 0.15) is 11.9 Å². The molecule has 1 aliphatic carbocycles. The molecule has 5 N–H and O–H groups in total. The summed E-state index contributed by atoms with van der Waals surface area (Å²) in [5.74, 6) is -1.32. The quantitative estimate of drug-likeness (QED) is 0.116. The van der Waals surface area contributed by atoms with Crippen molar-refractivity contribution >= 4 is 32.7 Å². The SMILES string of the molecule is CC(C)CN(C[C@@H](O)[C@H](Cc1ccccc1)NC(=O)[C@@H](NC(=O)CNC1(c2cccc(F)c2)CC1)C(C)(C)C)S(=O)(=O)c1ccc2cn[nH]c2c1. The van der Waals surface area contributed by atoms with Crippen LogP contribution in [0.2, 0.25) is 0 Å². The van der Waals surface area contributed by atoms with E-state index in [1.807, 2.05) is 71.0 Å². The molecule has 0 unspecified atom stereocenters. The van der Waals surface area contributed by atoms with Crippen LogP contribution in [-0.4, -0.2) is 77.7 Å². The van der Waals surface area contributed by atoms with Crippen LogP contribution >= 0.6 is 0 Å². The Kier molecular flexibility index (Phi) is 11.6. The highest BCUT2D eigenvalue weighted by molar-refractivity contribution is 7.89. The van der Waals surface area contributed by atoms with Crippen LogP contribution in [0.4, 0.5) is 4.39 Å². The van der Waals surface area contributed by atoms with Gasteiger partial charge in [0, 0.05) is 24.0 Å². The molecule has 13 heteroatoms. The van der Waals surface area contributed by atoms with Crippen molar-refractivity contribution < 1.29 is 27.5 Å². The number of benzene rings is 3. The molecule has 4 aromatic rings. The minimum absolute atomic E-state index is 0.0604. The maximum atomic E-state index is 14.0. The van der Waals surface area contributed by atoms with Gasteiger partial charge in [0.2, 0.25) is 21.8 Å². The average molecular weight is 721 g/mol. The number of aromatic amines is 1. The molecule has 5 rings (SSSR count). The van der Waals surface area contributed by atoms with Crippen molar-refractivity contribution in [2.24, 2.45) is 11.3 Å². The van der Waals surface area contributed by atoms with E-state index >= 15 is 0 Å². The van der Waals surface area contributed by atoms with E-state index in [-0.39, 0.29) is 42.7 Å². The Morgan fingerprint density at radius 1 is 1.00 bits per heavy atom. The molecule has 1 fully saturated rings. The largest absolute Gasteiger partial charge is 0.390 e. The normalized spacial score (nSPS) is 16.2. The highest BCUT2D eigenvalue weighted by atomic mass is 32.2. The number of sulfonamides is 1. The highest BCUT2D eigenvalue weighted by Crippen LogP contribution is 2.45. The Labute approximate surface area is 299 Å². The molecule has 274 valence electrons. The van der Waals surface area contributed by atoms with Gasteiger partial charge >= 0.3 is 0 Å². The van der Waals surface area contributed by atoms with E-state index in [2.05, 4.69) is 26.1 Å². The number of hydrogen-bond acceptors (Lipinski definition) is 7. The summed E-state index contributed by atoms with van der Waals surface area (Å²) in [7, 11) is -4.06. The standard InChI is InChI=1S/C38H49FN6O5S/c1-25(2)23-45(51(49,50)30-15-14-27-21-41-44-31(27)20-30)24-33(46)32(18-26-10-7-6-8-11-26)42-36(48)35(37(3,4)5)43-34(47)22-40-38(16-17-38)28-12-9-13-29(39)19-28/h6-15,19-21,25,32-33,35,40,46H,16-18,22-24H2,1-5H3,(H,41,44)(H,42,48)(H,43,47)/t32-,33+,35+/m0/s1. The fourth-order valence-electron chi connectivity index (χ4n) is 6.27. The van der Waals surface area contributed by atoms with E-state index in [0.717, 1.165) is 29.4 Å². The Balaban J connectivity index is 1.33. The van der Waals surface area contributed by atoms with Crippen LogP contribution in [0.3, 0.4) is 0 Å². The van der Waals surface area contributed by atoms with Crippen LogP contribution in [0, 0.1) is 17.2 Å². The molecule has 2 amide bonds. The highest BCUT2D eigenvalue weighted by Gasteiger charge is 2.45. The predicted molar refractivity (Wildman–Crippen MR) is 194 cm³/mol. The summed E-state index contributed by atoms with van der Waals surface area (Å²) >= 11 is 0. The van der Waals surface area contributed by atoms with Gasteiger partial charge < -0.3 is 15.7 Å². The van der Waals surface area contributed by atoms with Crippen LogP contribution in [0.1, 0.15) is 58.6 Å². The van der Waals surface area contributed by atoms with Crippen molar-refractivity contribution in [1.29, 1.82) is 0 Å². The van der Waals surface area contributed by atoms with Crippen molar-refractivity contribution in [3.63, 3.8) is 0 Å². The summed E-state index contributed by atoms with van der Waals surface area (Å²) in [6, 6.07) is 18.4. The molecular formula is C38H49FN6O5S. The van der Waals surface area contributed by atoms with Gasteiger partial charge in [0.25, 0.3) is 0 Å². The Hall–Kier alpha value is -4.17. The van der Waals surface area contributed by atoms with Crippen LogP contribution in [0.25, 0.3) is 10.9 Å². The van der Waals surface area contributed by atoms with Gasteiger partial charge in [-0.3, -0.25) is 20.0 Å². The number of rotatable bonds is 16. The number of fused-ring (bicyclic) bond motifs is 1. The second-order valence-electron chi connectivity index (χ2n) is 15.0. The number of H-pyrrole nitrogens is 1. The number of aliphatic hydroxyl groups excluding tert-OH is 1. The molecule has 0 aliphatic heterocycles. The lowest BCUT2D eigenvalue weighted by Gasteiger charge is -2.34. The summed E-state index contributed by atoms with van der Waals surface area (Å²) in [6.07, 6.45) is 2.03. The van der Waals surface area contributed by atoms with Gasteiger partial charge in [-0.15, -0.1) is 0 Å². The average Bonchev–Trinajstić information content (AvgIpc) is 3.72. The van der Waals surface area contributed by atoms with E-state index in [9.17, 15) is 27.5 Å². The van der Waals surface area contributed by atoms with Crippen LogP contribution in [0.15, 0.2) is 83.9 Å². The van der Waals surface area contributed by atoms with Crippen molar-refractivity contribution in [3.8, 4) is 0 Å². The second kappa shape index (κ2) is 15.6. The van der Waals surface area contributed by atoms with Gasteiger partial charge in [-0.25, -0.2) is 12.8 Å². The molecule has 3 atom stereocenters. The fourth-order valence-corrected chi connectivity index (χ4v) is 7.92. The topological polar surface area (TPSA) is 157 Å². The van der Waals surface area contributed by atoms with Crippen molar-refractivity contribution in [2.45, 2.75) is 82.5 Å². The van der Waals surface area contributed by atoms with Gasteiger partial charge in [0.15, 0.2) is 0 Å². The molecule has 1 aromatic heterocycles. The number of aromatic nitrogens is 2. The monoisotopic (exact) mass is 720 g/mol. The van der Waals surface area contributed by atoms with Gasteiger partial charge in [-0.05, 0) is 72.1 Å². The second-order valence-corrected chi connectivity index (χ2v) is 17.0. The number of carbonyl (C=O) groups is 2. The zero-order valence-corrected chi connectivity index (χ0v) is 30.6. The molecule has 51 heavy (non-hydrogen) atoms. The lowest BCUT2D eigenvalue weighted by Crippen LogP contribution is -2.59. The number of halogens is 1. The molecule has 1 saturated carbocycles. The maximum absolute atomic E-state index is 14.0. The number of carbonyl (C=O) groups excluding carboxylic acids is 2. The summed E-state index contributed by atoms with van der Waals surface area (Å²) in [5, 5.41) is 28.4. The van der Waals surface area contributed by atoms with E-state index in [0.29, 0.717) is 5.52 Å². The predicted octanol–water partition coefficient (Wildman–Crippen LogP) is 4.25. The van der Waals surface area contributed by atoms with Gasteiger partial charge in [-0.1, -0.05) is 77.1 Å². The lowest BCUT2D eigenvalue weighted by molar-refractivity contribution is -0.132. The molecule has 1 heterocycles. The summed E-state index contributed by atoms with van der Waals surface area (Å²) in [6.45, 7) is 9.05. The van der Waals surface area contributed by atoms with E-state index in [1.165, 1.54) is 28.6 Å². The Morgan fingerprint density at radius 3 is 2.37 bits per heavy atom. The van der Waals surface area contributed by atoms with Crippen LogP contribution in [0.5, 0.6) is 0 Å². The smallest absolute Gasteiger partial charge is 0.243 e. The van der Waals surface area contributed by atoms with Gasteiger partial charge in [-0.2, -0.15) is 9.40 Å². The Bertz CT molecular complexity index is 1920. The molecule has 0 spiro atoms. The van der Waals surface area contributed by atoms with E-state index in [1.54, 1.807) is 18.3 Å². The molecule has 11 nitrogen and oxygen atoms in total. The van der Waals surface area contributed by atoms with Crippen LogP contribution in [-0.2, 0) is 31.6 Å². The maximum Gasteiger partial charge on any atom is 0.243 e. The first-order chi connectivity index (χ1) is 24.1. The van der Waals surface area contributed by atoms with Crippen molar-refractivity contribution in [1.82, 2.24) is 30.5 Å². The molecule has 0 radical (unpaired) electrons. The minimum atomic E-state index is -4.06. The summed E-state index contributed by atoms with van der Waals surface area (Å²) in [4.78, 5) is 27.4. The number of hydrogen-bond donors (Lipinski definition) is 5. The minimum Gasteiger partial charge on any atom is -0.390 e. The number of aliphatic hydroxyl groups is 1. The zero-order valence-electron chi connectivity index (χ0n) is 29.8. The van der Waals surface area contributed by atoms with Crippen LogP contribution < -0.4 is 16.0 Å². The Morgan fingerprint density at radius 2 is 1.73 bits per heavy atom. The van der Waals surface area contributed by atoms with Crippen molar-refractivity contribution in [3.05, 3.63) is 95.9 Å². The molecule has 1 aliphatic rings. The van der Waals surface area contributed by atoms with Crippen molar-refractivity contribution in [2.75, 3.05) is 19.6 Å². The third-order valence-corrected chi connectivity index (χ3v) is 11.1. The van der Waals surface area contributed by atoms with E-state index < -0.39 is 51.0 Å². The first-order valence-electron chi connectivity index (χ1n) is 17.3. The molecule has 0 bridgehead atoms. The molecule has 3 aromatic carbocycles. The third-order valence-electron chi connectivity index (χ3n) is 9.25. The number of nitrogens with one attached hydrogen (secondary N) is 4. The molecule has 0 saturated heterocycles.